The number of benzene rings is 1. The lowest BCUT2D eigenvalue weighted by atomic mass is 10.2. The molecule has 22 heavy (non-hydrogen) atoms. The normalized spacial score (nSPS) is 13.7. The molecule has 0 bridgehead atoms. The number of anilines is 2. The van der Waals surface area contributed by atoms with E-state index in [-0.39, 0.29) is 12.2 Å². The molecule has 0 aliphatic carbocycles. The maximum absolute atomic E-state index is 5.44. The molecule has 4 heteroatoms. The Hall–Kier alpha value is -1.26. The lowest BCUT2D eigenvalue weighted by molar-refractivity contribution is 0.122. The van der Waals surface area contributed by atoms with Crippen molar-refractivity contribution in [3.63, 3.8) is 0 Å². The second-order valence-corrected chi connectivity index (χ2v) is 5.66. The van der Waals surface area contributed by atoms with Gasteiger partial charge in [0.1, 0.15) is 0 Å². The topological polar surface area (TPSA) is 24.9 Å². The summed E-state index contributed by atoms with van der Waals surface area (Å²) in [5, 5.41) is 0. The van der Waals surface area contributed by atoms with Crippen molar-refractivity contribution in [3.8, 4) is 0 Å². The monoisotopic (exact) mass is 308 g/mol. The quantitative estimate of drug-likeness (QED) is 0.661. The van der Waals surface area contributed by atoms with Gasteiger partial charge < -0.3 is 19.3 Å². The molecule has 4 nitrogen and oxygen atoms in total. The van der Waals surface area contributed by atoms with Crippen LogP contribution in [0, 0.1) is 0 Å². The molecule has 2 unspecified atom stereocenters. The standard InChI is InChI=1S/C18H32N2O2/c1-7-19(13-15(3)21-5)17-11-9-10-12-18(17)20(8-2)14-16(4)22-6/h9-12,15-16H,7-8,13-14H2,1-6H3. The summed E-state index contributed by atoms with van der Waals surface area (Å²) >= 11 is 0. The molecule has 0 heterocycles. The molecule has 0 aromatic heterocycles. The minimum absolute atomic E-state index is 0.209. The Morgan fingerprint density at radius 2 is 1.18 bits per heavy atom. The number of methoxy groups -OCH3 is 2. The molecule has 1 rings (SSSR count). The predicted octanol–water partition coefficient (Wildman–Crippen LogP) is 3.41. The van der Waals surface area contributed by atoms with E-state index in [0.29, 0.717) is 0 Å². The van der Waals surface area contributed by atoms with E-state index < -0.39 is 0 Å². The molecule has 0 radical (unpaired) electrons. The summed E-state index contributed by atoms with van der Waals surface area (Å²) in [7, 11) is 3.53. The third kappa shape index (κ3) is 5.18. The van der Waals surface area contributed by atoms with Crippen LogP contribution in [-0.2, 0) is 9.47 Å². The molecule has 0 saturated heterocycles. The molecule has 0 spiro atoms. The second-order valence-electron chi connectivity index (χ2n) is 5.66. The zero-order valence-electron chi connectivity index (χ0n) is 15.0. The third-order valence-corrected chi connectivity index (χ3v) is 4.09. The van der Waals surface area contributed by atoms with Gasteiger partial charge in [0.25, 0.3) is 0 Å². The highest BCUT2D eigenvalue weighted by Crippen LogP contribution is 2.29. The maximum atomic E-state index is 5.44. The Morgan fingerprint density at radius 3 is 1.45 bits per heavy atom. The molecule has 0 saturated carbocycles. The van der Waals surface area contributed by atoms with Gasteiger partial charge in [0.05, 0.1) is 23.6 Å². The van der Waals surface area contributed by atoms with E-state index in [1.54, 1.807) is 14.2 Å². The summed E-state index contributed by atoms with van der Waals surface area (Å²) in [5.41, 5.74) is 2.53. The minimum atomic E-state index is 0.209. The van der Waals surface area contributed by atoms with Gasteiger partial charge in [0.15, 0.2) is 0 Å². The van der Waals surface area contributed by atoms with E-state index in [1.165, 1.54) is 11.4 Å². The van der Waals surface area contributed by atoms with Crippen molar-refractivity contribution in [3.05, 3.63) is 24.3 Å². The number of hydrogen-bond acceptors (Lipinski definition) is 4. The van der Waals surface area contributed by atoms with Crippen LogP contribution in [0.5, 0.6) is 0 Å². The molecule has 0 fully saturated rings. The first-order valence-corrected chi connectivity index (χ1v) is 8.21. The Bertz CT molecular complexity index is 386. The summed E-state index contributed by atoms with van der Waals surface area (Å²) in [5.74, 6) is 0. The van der Waals surface area contributed by atoms with Crippen LogP contribution in [0.25, 0.3) is 0 Å². The number of likely N-dealkylation sites (N-methyl/N-ethyl adjacent to an activating group) is 2. The first-order chi connectivity index (χ1) is 10.6. The van der Waals surface area contributed by atoms with Crippen LogP contribution in [0.15, 0.2) is 24.3 Å². The van der Waals surface area contributed by atoms with Crippen LogP contribution in [0.1, 0.15) is 27.7 Å². The van der Waals surface area contributed by atoms with E-state index in [0.717, 1.165) is 26.2 Å². The molecular weight excluding hydrogens is 276 g/mol. The Balaban J connectivity index is 3.04. The molecular formula is C18H32N2O2. The van der Waals surface area contributed by atoms with E-state index >= 15 is 0 Å². The number of hydrogen-bond donors (Lipinski definition) is 0. The first kappa shape index (κ1) is 18.8. The molecule has 126 valence electrons. The fourth-order valence-electron chi connectivity index (χ4n) is 2.56. The van der Waals surface area contributed by atoms with E-state index in [9.17, 15) is 0 Å². The van der Waals surface area contributed by atoms with Crippen LogP contribution in [0.4, 0.5) is 11.4 Å². The fraction of sp³-hybridized carbons (Fsp3) is 0.667. The third-order valence-electron chi connectivity index (χ3n) is 4.09. The lowest BCUT2D eigenvalue weighted by Gasteiger charge is -2.33. The van der Waals surface area contributed by atoms with Crippen molar-refractivity contribution in [2.24, 2.45) is 0 Å². The summed E-state index contributed by atoms with van der Waals surface area (Å²) in [6, 6.07) is 8.60. The largest absolute Gasteiger partial charge is 0.380 e. The molecule has 0 N–H and O–H groups in total. The lowest BCUT2D eigenvalue weighted by Crippen LogP contribution is -2.36. The van der Waals surface area contributed by atoms with Gasteiger partial charge in [-0.1, -0.05) is 12.1 Å². The molecule has 0 amide bonds. The highest BCUT2D eigenvalue weighted by atomic mass is 16.5. The van der Waals surface area contributed by atoms with Gasteiger partial charge in [0.2, 0.25) is 0 Å². The van der Waals surface area contributed by atoms with E-state index in [4.69, 9.17) is 9.47 Å². The average molecular weight is 308 g/mol. The van der Waals surface area contributed by atoms with Gasteiger partial charge in [-0.2, -0.15) is 0 Å². The van der Waals surface area contributed by atoms with Crippen molar-refractivity contribution in [2.75, 3.05) is 50.2 Å². The molecule has 0 aliphatic rings. The second kappa shape index (κ2) is 9.70. The van der Waals surface area contributed by atoms with Crippen molar-refractivity contribution < 1.29 is 9.47 Å². The van der Waals surface area contributed by atoms with Gasteiger partial charge in [-0.15, -0.1) is 0 Å². The molecule has 1 aromatic carbocycles. The fourth-order valence-corrected chi connectivity index (χ4v) is 2.56. The maximum Gasteiger partial charge on any atom is 0.0718 e. The summed E-state index contributed by atoms with van der Waals surface area (Å²) in [6.07, 6.45) is 0.418. The average Bonchev–Trinajstić information content (AvgIpc) is 2.57. The summed E-state index contributed by atoms with van der Waals surface area (Å²) < 4.78 is 10.9. The van der Waals surface area contributed by atoms with Crippen molar-refractivity contribution in [1.82, 2.24) is 0 Å². The van der Waals surface area contributed by atoms with Gasteiger partial charge in [-0.25, -0.2) is 0 Å². The Labute approximate surface area is 136 Å². The summed E-state index contributed by atoms with van der Waals surface area (Å²) in [6.45, 7) is 12.3. The smallest absolute Gasteiger partial charge is 0.0718 e. The first-order valence-electron chi connectivity index (χ1n) is 8.21. The van der Waals surface area contributed by atoms with Crippen LogP contribution in [0.3, 0.4) is 0 Å². The number of para-hydroxylation sites is 2. The Morgan fingerprint density at radius 1 is 0.818 bits per heavy atom. The Kier molecular flexibility index (Phi) is 8.28. The molecule has 2 atom stereocenters. The van der Waals surface area contributed by atoms with Gasteiger partial charge >= 0.3 is 0 Å². The SMILES string of the molecule is CCN(CC(C)OC)c1ccccc1N(CC)CC(C)OC. The van der Waals surface area contributed by atoms with E-state index in [2.05, 4.69) is 61.8 Å². The predicted molar refractivity (Wildman–Crippen MR) is 95.2 cm³/mol. The number of rotatable bonds is 10. The van der Waals surface area contributed by atoms with Crippen LogP contribution < -0.4 is 9.80 Å². The minimum Gasteiger partial charge on any atom is -0.380 e. The molecule has 1 aromatic rings. The zero-order chi connectivity index (χ0) is 16.5. The highest BCUT2D eigenvalue weighted by Gasteiger charge is 2.17. The van der Waals surface area contributed by atoms with Gasteiger partial charge in [-0.05, 0) is 39.8 Å². The number of nitrogens with zero attached hydrogens (tertiary/aromatic N) is 2. The molecule has 0 aliphatic heterocycles. The zero-order valence-corrected chi connectivity index (χ0v) is 15.0. The van der Waals surface area contributed by atoms with Crippen LogP contribution >= 0.6 is 0 Å². The van der Waals surface area contributed by atoms with Crippen molar-refractivity contribution in [2.45, 2.75) is 39.9 Å². The van der Waals surface area contributed by atoms with Crippen molar-refractivity contribution in [1.29, 1.82) is 0 Å². The van der Waals surface area contributed by atoms with Crippen LogP contribution in [0.2, 0.25) is 0 Å². The van der Waals surface area contributed by atoms with Crippen molar-refractivity contribution >= 4 is 11.4 Å². The van der Waals surface area contributed by atoms with Gasteiger partial charge in [0, 0.05) is 40.4 Å². The highest BCUT2D eigenvalue weighted by molar-refractivity contribution is 5.71. The number of ether oxygens (including phenoxy) is 2. The van der Waals surface area contributed by atoms with E-state index in [1.807, 2.05) is 0 Å². The van der Waals surface area contributed by atoms with Gasteiger partial charge in [-0.3, -0.25) is 0 Å². The summed E-state index contributed by atoms with van der Waals surface area (Å²) in [4.78, 5) is 4.76. The van der Waals surface area contributed by atoms with Crippen LogP contribution in [-0.4, -0.2) is 52.6 Å².